The molecule has 0 aromatic carbocycles. The average molecular weight is 224 g/mol. The van der Waals surface area contributed by atoms with Crippen LogP contribution >= 0.6 is 12.2 Å². The van der Waals surface area contributed by atoms with Crippen molar-refractivity contribution in [2.24, 2.45) is 0 Å². The number of hydrogen-bond donors (Lipinski definition) is 1. The lowest BCUT2D eigenvalue weighted by molar-refractivity contribution is 0.116. The number of hydrogen-bond acceptors (Lipinski definition) is 3. The second-order valence-electron chi connectivity index (χ2n) is 3.95. The fraction of sp³-hybridized carbons (Fsp3) is 0.636. The van der Waals surface area contributed by atoms with Gasteiger partial charge in [0, 0.05) is 12.3 Å². The van der Waals surface area contributed by atoms with E-state index in [0.717, 1.165) is 18.9 Å². The summed E-state index contributed by atoms with van der Waals surface area (Å²) in [5, 5.41) is 0. The largest absolute Gasteiger partial charge is 0.374 e. The molecular weight excluding hydrogens is 208 g/mol. The molecule has 15 heavy (non-hydrogen) atoms. The lowest BCUT2D eigenvalue weighted by atomic mass is 10.3. The van der Waals surface area contributed by atoms with Crippen LogP contribution < -0.4 is 0 Å². The van der Waals surface area contributed by atoms with E-state index < -0.39 is 0 Å². The minimum Gasteiger partial charge on any atom is -0.374 e. The molecule has 1 heterocycles. The van der Waals surface area contributed by atoms with Crippen molar-refractivity contribution in [1.82, 2.24) is 9.97 Å². The third kappa shape index (κ3) is 3.11. The van der Waals surface area contributed by atoms with Crippen LogP contribution in [0.5, 0.6) is 0 Å². The fourth-order valence-electron chi connectivity index (χ4n) is 1.52. The van der Waals surface area contributed by atoms with Crippen molar-refractivity contribution < 1.29 is 4.74 Å². The smallest absolute Gasteiger partial charge is 0.134 e. The van der Waals surface area contributed by atoms with Crippen molar-refractivity contribution in [3.8, 4) is 0 Å². The second kappa shape index (κ2) is 4.86. The Bertz CT molecular complexity index is 384. The molecule has 82 valence electrons. The average Bonchev–Trinajstić information content (AvgIpc) is 3.00. The summed E-state index contributed by atoms with van der Waals surface area (Å²) < 4.78 is 6.11. The topological polar surface area (TPSA) is 37.9 Å². The normalized spacial score (nSPS) is 15.5. The maximum absolute atomic E-state index is 5.44. The first-order valence-electron chi connectivity index (χ1n) is 5.47. The molecule has 1 aliphatic carbocycles. The monoisotopic (exact) mass is 224 g/mol. The zero-order valence-corrected chi connectivity index (χ0v) is 9.77. The van der Waals surface area contributed by atoms with E-state index >= 15 is 0 Å². The lowest BCUT2D eigenvalue weighted by Gasteiger charge is -2.05. The Balaban J connectivity index is 2.06. The van der Waals surface area contributed by atoms with Crippen molar-refractivity contribution in [3.63, 3.8) is 0 Å². The molecule has 2 rings (SSSR count). The summed E-state index contributed by atoms with van der Waals surface area (Å²) in [6.45, 7) is 3.41. The summed E-state index contributed by atoms with van der Waals surface area (Å²) >= 11 is 5.13. The molecule has 0 atom stereocenters. The standard InChI is InChI=1S/C11H16N2OS/c1-2-5-14-7-10-12-9(8-3-4-8)6-11(15)13-10/h6,8H,2-5,7H2,1H3,(H,12,13,15). The molecule has 0 radical (unpaired) electrons. The van der Waals surface area contributed by atoms with E-state index in [1.807, 2.05) is 6.07 Å². The predicted octanol–water partition coefficient (Wildman–Crippen LogP) is 2.94. The Morgan fingerprint density at radius 2 is 2.40 bits per heavy atom. The molecule has 0 bridgehead atoms. The van der Waals surface area contributed by atoms with Gasteiger partial charge in [0.25, 0.3) is 0 Å². The van der Waals surface area contributed by atoms with E-state index in [-0.39, 0.29) is 0 Å². The van der Waals surface area contributed by atoms with Crippen molar-refractivity contribution in [2.75, 3.05) is 6.61 Å². The first-order valence-corrected chi connectivity index (χ1v) is 5.88. The Hall–Kier alpha value is -0.740. The van der Waals surface area contributed by atoms with E-state index in [4.69, 9.17) is 17.0 Å². The maximum atomic E-state index is 5.44. The van der Waals surface area contributed by atoms with Crippen LogP contribution in [0.3, 0.4) is 0 Å². The molecule has 0 unspecified atom stereocenters. The van der Waals surface area contributed by atoms with Crippen LogP contribution in [0.15, 0.2) is 6.07 Å². The van der Waals surface area contributed by atoms with Gasteiger partial charge in [0.2, 0.25) is 0 Å². The van der Waals surface area contributed by atoms with Gasteiger partial charge in [-0.3, -0.25) is 0 Å². The maximum Gasteiger partial charge on any atom is 0.134 e. The van der Waals surface area contributed by atoms with E-state index in [2.05, 4.69) is 16.9 Å². The molecule has 1 aliphatic rings. The van der Waals surface area contributed by atoms with E-state index in [1.165, 1.54) is 18.5 Å². The minimum atomic E-state index is 0.540. The number of ether oxygens (including phenoxy) is 1. The highest BCUT2D eigenvalue weighted by atomic mass is 32.1. The van der Waals surface area contributed by atoms with Gasteiger partial charge in [-0.25, -0.2) is 4.98 Å². The first-order chi connectivity index (χ1) is 7.29. The summed E-state index contributed by atoms with van der Waals surface area (Å²) in [5.41, 5.74) is 1.23. The Kier molecular flexibility index (Phi) is 3.49. The molecule has 0 amide bonds. The van der Waals surface area contributed by atoms with Gasteiger partial charge in [-0.15, -0.1) is 0 Å². The number of nitrogens with zero attached hydrogens (tertiary/aromatic N) is 1. The zero-order valence-electron chi connectivity index (χ0n) is 8.95. The second-order valence-corrected chi connectivity index (χ2v) is 4.37. The molecule has 1 aromatic rings. The third-order valence-corrected chi connectivity index (χ3v) is 2.63. The highest BCUT2D eigenvalue weighted by molar-refractivity contribution is 7.71. The molecule has 0 spiro atoms. The quantitative estimate of drug-likeness (QED) is 0.617. The summed E-state index contributed by atoms with van der Waals surface area (Å²) in [5.74, 6) is 1.54. The molecule has 0 saturated heterocycles. The van der Waals surface area contributed by atoms with Gasteiger partial charge >= 0.3 is 0 Å². The molecule has 1 fully saturated rings. The summed E-state index contributed by atoms with van der Waals surface area (Å²) in [6.07, 6.45) is 3.57. The first kappa shape index (κ1) is 10.8. The van der Waals surface area contributed by atoms with Crippen molar-refractivity contribution >= 4 is 12.2 Å². The SMILES string of the molecule is CCCOCc1nc(=S)cc(C2CC2)[nH]1. The van der Waals surface area contributed by atoms with Crippen molar-refractivity contribution in [2.45, 2.75) is 38.7 Å². The Morgan fingerprint density at radius 1 is 1.60 bits per heavy atom. The Morgan fingerprint density at radius 3 is 3.07 bits per heavy atom. The van der Waals surface area contributed by atoms with Gasteiger partial charge in [-0.05, 0) is 31.2 Å². The van der Waals surface area contributed by atoms with Gasteiger partial charge in [-0.2, -0.15) is 0 Å². The van der Waals surface area contributed by atoms with Crippen molar-refractivity contribution in [3.05, 3.63) is 22.2 Å². The number of aromatic amines is 1. The molecule has 4 heteroatoms. The van der Waals surface area contributed by atoms with Crippen LogP contribution in [0.25, 0.3) is 0 Å². The van der Waals surface area contributed by atoms with Crippen LogP contribution in [0, 0.1) is 4.64 Å². The summed E-state index contributed by atoms with van der Waals surface area (Å²) in [6, 6.07) is 1.97. The van der Waals surface area contributed by atoms with Gasteiger partial charge < -0.3 is 9.72 Å². The van der Waals surface area contributed by atoms with Crippen LogP contribution in [0.4, 0.5) is 0 Å². The highest BCUT2D eigenvalue weighted by Crippen LogP contribution is 2.38. The third-order valence-electron chi connectivity index (χ3n) is 2.42. The van der Waals surface area contributed by atoms with E-state index in [9.17, 15) is 0 Å². The summed E-state index contributed by atoms with van der Waals surface area (Å²) in [4.78, 5) is 7.55. The number of H-pyrrole nitrogens is 1. The number of aromatic nitrogens is 2. The highest BCUT2D eigenvalue weighted by Gasteiger charge is 2.24. The van der Waals surface area contributed by atoms with Crippen LogP contribution in [0.2, 0.25) is 0 Å². The van der Waals surface area contributed by atoms with E-state index in [1.54, 1.807) is 0 Å². The predicted molar refractivity (Wildman–Crippen MR) is 61.3 cm³/mol. The fourth-order valence-corrected chi connectivity index (χ4v) is 1.76. The van der Waals surface area contributed by atoms with Crippen LogP contribution in [-0.2, 0) is 11.3 Å². The van der Waals surface area contributed by atoms with Gasteiger partial charge in [0.15, 0.2) is 0 Å². The van der Waals surface area contributed by atoms with Gasteiger partial charge in [0.05, 0.1) is 0 Å². The van der Waals surface area contributed by atoms with Crippen LogP contribution in [0.1, 0.15) is 43.6 Å². The molecule has 1 aromatic heterocycles. The number of nitrogens with one attached hydrogen (secondary N) is 1. The van der Waals surface area contributed by atoms with Gasteiger partial charge in [0.1, 0.15) is 17.1 Å². The molecule has 0 aliphatic heterocycles. The zero-order chi connectivity index (χ0) is 10.7. The van der Waals surface area contributed by atoms with E-state index in [0.29, 0.717) is 17.2 Å². The minimum absolute atomic E-state index is 0.540. The molecule has 3 nitrogen and oxygen atoms in total. The Labute approximate surface area is 94.9 Å². The lowest BCUT2D eigenvalue weighted by Crippen LogP contribution is -2.02. The van der Waals surface area contributed by atoms with Gasteiger partial charge in [-0.1, -0.05) is 19.1 Å². The van der Waals surface area contributed by atoms with Crippen molar-refractivity contribution in [1.29, 1.82) is 0 Å². The van der Waals surface area contributed by atoms with Crippen LogP contribution in [-0.4, -0.2) is 16.6 Å². The summed E-state index contributed by atoms with van der Waals surface area (Å²) in [7, 11) is 0. The molecular formula is C11H16N2OS. The molecule has 1 saturated carbocycles. The molecule has 1 N–H and O–H groups in total. The number of rotatable bonds is 5.